The van der Waals surface area contributed by atoms with Crippen molar-refractivity contribution in [3.63, 3.8) is 0 Å². The molecule has 0 spiro atoms. The van der Waals surface area contributed by atoms with Gasteiger partial charge >= 0.3 is 5.63 Å². The number of rotatable bonds is 2. The summed E-state index contributed by atoms with van der Waals surface area (Å²) in [5, 5.41) is 1.01. The summed E-state index contributed by atoms with van der Waals surface area (Å²) in [6, 6.07) is 18.8. The molecule has 6 heteroatoms. The second-order valence-electron chi connectivity index (χ2n) is 12.2. The zero-order valence-electron chi connectivity index (χ0n) is 22.7. The number of hydrogen-bond donors (Lipinski definition) is 0. The lowest BCUT2D eigenvalue weighted by atomic mass is 9.68. The number of anilines is 1. The highest BCUT2D eigenvalue weighted by atomic mass is 79.9. The zero-order valence-corrected chi connectivity index (χ0v) is 25.1. The second-order valence-corrected chi connectivity index (χ2v) is 14.2. The van der Waals surface area contributed by atoms with Crippen LogP contribution in [0.5, 0.6) is 0 Å². The number of nitrogens with zero attached hydrogens (tertiary/aromatic N) is 2. The van der Waals surface area contributed by atoms with E-state index in [2.05, 4.69) is 72.8 Å². The van der Waals surface area contributed by atoms with Crippen molar-refractivity contribution >= 4 is 55.7 Å². The summed E-state index contributed by atoms with van der Waals surface area (Å²) >= 11 is 5.32. The summed E-state index contributed by atoms with van der Waals surface area (Å²) in [7, 11) is 0. The summed E-state index contributed by atoms with van der Waals surface area (Å²) in [5.74, 6) is 0.624. The third-order valence-electron chi connectivity index (χ3n) is 8.81. The number of fused-ring (bicyclic) bond motifs is 3. The van der Waals surface area contributed by atoms with E-state index in [-0.39, 0.29) is 16.5 Å². The Morgan fingerprint density at radius 2 is 1.67 bits per heavy atom. The number of aliphatic imine (C=N–C) groups is 1. The van der Waals surface area contributed by atoms with Gasteiger partial charge in [-0.05, 0) is 65.1 Å². The monoisotopic (exact) mass is 598 g/mol. The van der Waals surface area contributed by atoms with Gasteiger partial charge in [-0.2, -0.15) is 0 Å². The normalized spacial score (nSPS) is 18.9. The third kappa shape index (κ3) is 3.93. The molecule has 1 aromatic heterocycles. The van der Waals surface area contributed by atoms with Crippen molar-refractivity contribution in [2.24, 2.45) is 4.99 Å². The van der Waals surface area contributed by atoms with Crippen LogP contribution in [-0.4, -0.2) is 24.6 Å². The van der Waals surface area contributed by atoms with Gasteiger partial charge in [-0.25, -0.2) is 4.79 Å². The van der Waals surface area contributed by atoms with Crippen molar-refractivity contribution in [2.45, 2.75) is 56.3 Å². The van der Waals surface area contributed by atoms with Gasteiger partial charge in [0.25, 0.3) is 0 Å². The molecule has 4 nitrogen and oxygen atoms in total. The molecule has 39 heavy (non-hydrogen) atoms. The van der Waals surface area contributed by atoms with E-state index in [1.807, 2.05) is 30.3 Å². The van der Waals surface area contributed by atoms with Crippen LogP contribution in [0.2, 0.25) is 0 Å². The van der Waals surface area contributed by atoms with Crippen LogP contribution in [0.15, 0.2) is 78.2 Å². The molecule has 0 N–H and O–H groups in total. The predicted molar refractivity (Wildman–Crippen MR) is 166 cm³/mol. The number of halogens is 1. The molecule has 3 aliphatic heterocycles. The maximum Gasteiger partial charge on any atom is 0.346 e. The topological polar surface area (TPSA) is 45.8 Å². The lowest BCUT2D eigenvalue weighted by Gasteiger charge is -2.48. The highest BCUT2D eigenvalue weighted by Gasteiger charge is 2.42. The standard InChI is InChI=1S/C33H31BrN2O2S/c1-32(2)13-15-36-16-14-33(3,4)28-29(36)22(32)17-21-26(19-9-11-20(34)12-10-19)27(31(37)38-30(21)28)24-18-39-25-8-6-5-7-23(25)35-24/h5-12,17H,13-16,18H2,1-4H3. The smallest absolute Gasteiger partial charge is 0.346 e. The maximum atomic E-state index is 14.1. The van der Waals surface area contributed by atoms with Gasteiger partial charge in [-0.15, -0.1) is 11.8 Å². The number of hydrogen-bond acceptors (Lipinski definition) is 5. The van der Waals surface area contributed by atoms with E-state index in [4.69, 9.17) is 9.41 Å². The first kappa shape index (κ1) is 25.2. The fourth-order valence-electron chi connectivity index (χ4n) is 6.53. The molecule has 0 aliphatic carbocycles. The van der Waals surface area contributed by atoms with E-state index in [0.717, 1.165) is 68.8 Å². The fourth-order valence-corrected chi connectivity index (χ4v) is 7.73. The van der Waals surface area contributed by atoms with Gasteiger partial charge in [0, 0.05) is 50.4 Å². The van der Waals surface area contributed by atoms with Gasteiger partial charge in [0.1, 0.15) is 5.58 Å². The molecule has 0 radical (unpaired) electrons. The van der Waals surface area contributed by atoms with E-state index in [9.17, 15) is 4.79 Å². The van der Waals surface area contributed by atoms with Crippen molar-refractivity contribution in [1.29, 1.82) is 0 Å². The molecular formula is C33H31BrN2O2S. The Labute approximate surface area is 241 Å². The first-order valence-electron chi connectivity index (χ1n) is 13.6. The number of thioether (sulfide) groups is 1. The molecule has 3 aliphatic rings. The summed E-state index contributed by atoms with van der Waals surface area (Å²) in [4.78, 5) is 22.8. The van der Waals surface area contributed by atoms with Gasteiger partial charge in [-0.1, -0.05) is 67.9 Å². The minimum Gasteiger partial charge on any atom is -0.422 e. The van der Waals surface area contributed by atoms with Crippen LogP contribution < -0.4 is 10.5 Å². The number of para-hydroxylation sites is 1. The summed E-state index contributed by atoms with van der Waals surface area (Å²) in [5.41, 5.74) is 8.35. The lowest BCUT2D eigenvalue weighted by Crippen LogP contribution is -2.44. The molecule has 0 atom stereocenters. The molecule has 0 bridgehead atoms. The fraction of sp³-hybridized carbons (Fsp3) is 0.333. The van der Waals surface area contributed by atoms with Crippen LogP contribution in [0.4, 0.5) is 11.4 Å². The molecule has 7 rings (SSSR count). The van der Waals surface area contributed by atoms with Crippen LogP contribution in [0.3, 0.4) is 0 Å². The van der Waals surface area contributed by atoms with Crippen LogP contribution in [0, 0.1) is 0 Å². The average Bonchev–Trinajstić information content (AvgIpc) is 2.91. The third-order valence-corrected chi connectivity index (χ3v) is 10.4. The van der Waals surface area contributed by atoms with E-state index in [1.54, 1.807) is 11.8 Å². The molecular weight excluding hydrogens is 568 g/mol. The molecule has 0 unspecified atom stereocenters. The Balaban J connectivity index is 1.63. The Bertz CT molecular complexity index is 1750. The molecule has 0 fully saturated rings. The summed E-state index contributed by atoms with van der Waals surface area (Å²) in [6.07, 6.45) is 2.13. The van der Waals surface area contributed by atoms with E-state index < -0.39 is 0 Å². The zero-order chi connectivity index (χ0) is 27.1. The van der Waals surface area contributed by atoms with Crippen LogP contribution >= 0.6 is 27.7 Å². The van der Waals surface area contributed by atoms with Crippen LogP contribution in [0.25, 0.3) is 22.1 Å². The van der Waals surface area contributed by atoms with Crippen molar-refractivity contribution in [3.8, 4) is 11.1 Å². The largest absolute Gasteiger partial charge is 0.422 e. The molecule has 0 saturated heterocycles. The SMILES string of the molecule is CC1(C)CCN2CCC(C)(C)c3c2c1cc1c(-c2ccc(Br)cc2)c(C2=Nc4ccccc4SC2)c(=O)oc31. The van der Waals surface area contributed by atoms with Crippen molar-refractivity contribution < 1.29 is 4.42 Å². The molecule has 4 aromatic rings. The van der Waals surface area contributed by atoms with E-state index in [0.29, 0.717) is 11.3 Å². The first-order valence-corrected chi connectivity index (χ1v) is 15.4. The highest BCUT2D eigenvalue weighted by molar-refractivity contribution is 9.10. The van der Waals surface area contributed by atoms with Gasteiger partial charge < -0.3 is 9.32 Å². The van der Waals surface area contributed by atoms with Crippen molar-refractivity contribution in [1.82, 2.24) is 0 Å². The van der Waals surface area contributed by atoms with Crippen LogP contribution in [0.1, 0.15) is 57.2 Å². The maximum absolute atomic E-state index is 14.1. The van der Waals surface area contributed by atoms with Gasteiger partial charge in [0.2, 0.25) is 0 Å². The van der Waals surface area contributed by atoms with Crippen molar-refractivity contribution in [2.75, 3.05) is 23.7 Å². The highest BCUT2D eigenvalue weighted by Crippen LogP contribution is 2.53. The molecule has 0 amide bonds. The minimum atomic E-state index is -0.307. The first-order chi connectivity index (χ1) is 18.6. The van der Waals surface area contributed by atoms with Crippen molar-refractivity contribution in [3.05, 3.63) is 86.2 Å². The van der Waals surface area contributed by atoms with Crippen LogP contribution in [-0.2, 0) is 10.8 Å². The predicted octanol–water partition coefficient (Wildman–Crippen LogP) is 8.62. The Morgan fingerprint density at radius 1 is 0.949 bits per heavy atom. The van der Waals surface area contributed by atoms with Gasteiger partial charge in [0.15, 0.2) is 0 Å². The van der Waals surface area contributed by atoms with E-state index in [1.165, 1.54) is 16.8 Å². The Kier molecular flexibility index (Phi) is 5.70. The summed E-state index contributed by atoms with van der Waals surface area (Å²) < 4.78 is 7.42. The lowest BCUT2D eigenvalue weighted by molar-refractivity contribution is 0.398. The quantitative estimate of drug-likeness (QED) is 0.217. The molecule has 3 aromatic carbocycles. The Hall–Kier alpha value is -2.83. The molecule has 198 valence electrons. The van der Waals surface area contributed by atoms with E-state index >= 15 is 0 Å². The number of benzene rings is 3. The average molecular weight is 600 g/mol. The minimum absolute atomic E-state index is 0.0205. The molecule has 0 saturated carbocycles. The Morgan fingerprint density at radius 3 is 2.44 bits per heavy atom. The molecule has 4 heterocycles. The van der Waals surface area contributed by atoms with Gasteiger partial charge in [-0.3, -0.25) is 4.99 Å². The van der Waals surface area contributed by atoms with Gasteiger partial charge in [0.05, 0.1) is 17.0 Å². The second kappa shape index (κ2) is 8.84. The summed E-state index contributed by atoms with van der Waals surface area (Å²) in [6.45, 7) is 11.4.